The zero-order valence-corrected chi connectivity index (χ0v) is 18.4. The number of likely N-dealkylation sites (N-methyl/N-ethyl adjacent to an activating group) is 1. The van der Waals surface area contributed by atoms with Gasteiger partial charge in [0.15, 0.2) is 0 Å². The van der Waals surface area contributed by atoms with Gasteiger partial charge in [-0.3, -0.25) is 0 Å². The first-order valence-corrected chi connectivity index (χ1v) is 11.5. The number of nitrogens with zero attached hydrogens (tertiary/aromatic N) is 2. The van der Waals surface area contributed by atoms with Gasteiger partial charge in [0.2, 0.25) is 0 Å². The van der Waals surface area contributed by atoms with Crippen molar-refractivity contribution < 1.29 is 32.7 Å². The first kappa shape index (κ1) is 17.1. The Labute approximate surface area is 165 Å². The van der Waals surface area contributed by atoms with E-state index in [1.165, 1.54) is 28.5 Å². The zero-order valence-electron chi connectivity index (χ0n) is 14.6. The predicted octanol–water partition coefficient (Wildman–Crippen LogP) is 4.10. The quantitative estimate of drug-likeness (QED) is 0.529. The fourth-order valence-corrected chi connectivity index (χ4v) is 4.98. The van der Waals surface area contributed by atoms with Crippen LogP contribution in [0.3, 0.4) is 0 Å². The molecule has 0 bridgehead atoms. The van der Waals surface area contributed by atoms with Gasteiger partial charge in [-0.1, -0.05) is 56.5 Å². The van der Waals surface area contributed by atoms with Crippen LogP contribution in [-0.4, -0.2) is 21.3 Å². The number of anilines is 3. The summed E-state index contributed by atoms with van der Waals surface area (Å²) in [5.74, 6) is 1.47. The van der Waals surface area contributed by atoms with Crippen molar-refractivity contribution in [1.29, 1.82) is 0 Å². The summed E-state index contributed by atoms with van der Waals surface area (Å²) in [7, 11) is 0.931. The summed E-state index contributed by atoms with van der Waals surface area (Å²) in [6.45, 7) is 9.55. The Morgan fingerprint density at radius 1 is 0.957 bits per heavy atom. The van der Waals surface area contributed by atoms with Gasteiger partial charge in [0.05, 0.1) is 25.6 Å². The average Bonchev–Trinajstić information content (AvgIpc) is 2.94. The SMILES string of the molecule is C[C-]1c2cc([Si](C)(C)C)ccc2N2c3ccccc3N(C)C12.[Y]. The maximum absolute atomic E-state index is 2.49. The second-order valence-electron chi connectivity index (χ2n) is 7.51. The molecule has 0 N–H and O–H groups in total. The summed E-state index contributed by atoms with van der Waals surface area (Å²) in [5, 5.41) is 1.54. The van der Waals surface area contributed by atoms with Gasteiger partial charge in [0, 0.05) is 39.8 Å². The molecule has 23 heavy (non-hydrogen) atoms. The van der Waals surface area contributed by atoms with Gasteiger partial charge in [-0.05, 0) is 12.1 Å². The Balaban J connectivity index is 0.00000156. The van der Waals surface area contributed by atoms with Gasteiger partial charge in [0.25, 0.3) is 0 Å². The summed E-state index contributed by atoms with van der Waals surface area (Å²) in [6.07, 6.45) is 0.337. The summed E-state index contributed by atoms with van der Waals surface area (Å²) in [5.41, 5.74) is 5.45. The third kappa shape index (κ3) is 2.40. The van der Waals surface area contributed by atoms with E-state index in [2.05, 4.69) is 85.9 Å². The van der Waals surface area contributed by atoms with Gasteiger partial charge in [-0.25, -0.2) is 0 Å². The molecule has 2 aromatic carbocycles. The fourth-order valence-electron chi connectivity index (χ4n) is 3.82. The third-order valence-electron chi connectivity index (χ3n) is 5.07. The van der Waals surface area contributed by atoms with Crippen LogP contribution in [0, 0.1) is 5.92 Å². The van der Waals surface area contributed by atoms with Crippen LogP contribution in [-0.2, 0) is 32.7 Å². The Morgan fingerprint density at radius 2 is 1.61 bits per heavy atom. The van der Waals surface area contributed by atoms with Crippen molar-refractivity contribution in [3.63, 3.8) is 0 Å². The molecule has 0 amide bonds. The molecular formula is C19H23N2SiY-. The van der Waals surface area contributed by atoms with Crippen molar-refractivity contribution in [2.75, 3.05) is 16.8 Å². The molecule has 2 aliphatic heterocycles. The molecule has 2 nitrogen and oxygen atoms in total. The van der Waals surface area contributed by atoms with E-state index in [-0.39, 0.29) is 32.7 Å². The number of benzene rings is 2. The molecule has 0 fully saturated rings. The second-order valence-corrected chi connectivity index (χ2v) is 12.6. The molecule has 2 aromatic rings. The largest absolute Gasteiger partial charge is 0.380 e. The Kier molecular flexibility index (Phi) is 4.19. The van der Waals surface area contributed by atoms with Crippen molar-refractivity contribution in [2.24, 2.45) is 0 Å². The smallest absolute Gasteiger partial charge is 0.0719 e. The van der Waals surface area contributed by atoms with Crippen molar-refractivity contribution in [2.45, 2.75) is 32.7 Å². The minimum atomic E-state index is -1.28. The molecule has 1 unspecified atom stereocenters. The van der Waals surface area contributed by atoms with Gasteiger partial charge in [-0.15, -0.1) is 11.1 Å². The molecule has 117 valence electrons. The van der Waals surface area contributed by atoms with Crippen molar-refractivity contribution in [1.82, 2.24) is 0 Å². The molecule has 1 radical (unpaired) electrons. The molecule has 1 atom stereocenters. The van der Waals surface area contributed by atoms with Gasteiger partial charge >= 0.3 is 0 Å². The van der Waals surface area contributed by atoms with Crippen LogP contribution < -0.4 is 15.0 Å². The zero-order chi connectivity index (χ0) is 15.6. The molecule has 0 spiro atoms. The van der Waals surface area contributed by atoms with Gasteiger partial charge < -0.3 is 9.80 Å². The fraction of sp³-hybridized carbons (Fsp3) is 0.316. The van der Waals surface area contributed by atoms with Crippen molar-refractivity contribution >= 4 is 30.3 Å². The van der Waals surface area contributed by atoms with E-state index in [4.69, 9.17) is 0 Å². The Hall–Kier alpha value is -0.769. The number of hydrogen-bond acceptors (Lipinski definition) is 2. The van der Waals surface area contributed by atoms with Crippen LogP contribution in [0.15, 0.2) is 42.5 Å². The Morgan fingerprint density at radius 3 is 2.26 bits per heavy atom. The van der Waals surface area contributed by atoms with E-state index in [1.54, 1.807) is 5.19 Å². The minimum Gasteiger partial charge on any atom is -0.380 e. The second kappa shape index (κ2) is 5.65. The normalized spacial score (nSPS) is 18.5. The molecule has 4 rings (SSSR count). The monoisotopic (exact) mass is 396 g/mol. The van der Waals surface area contributed by atoms with E-state index < -0.39 is 8.07 Å². The van der Waals surface area contributed by atoms with E-state index in [0.29, 0.717) is 6.17 Å². The van der Waals surface area contributed by atoms with E-state index in [0.717, 1.165) is 0 Å². The van der Waals surface area contributed by atoms with Crippen LogP contribution in [0.1, 0.15) is 12.5 Å². The minimum absolute atomic E-state index is 0. The van der Waals surface area contributed by atoms with Crippen LogP contribution in [0.4, 0.5) is 17.1 Å². The van der Waals surface area contributed by atoms with Gasteiger partial charge in [0.1, 0.15) is 0 Å². The summed E-state index contributed by atoms with van der Waals surface area (Å²) >= 11 is 0. The van der Waals surface area contributed by atoms with Crippen LogP contribution in [0.25, 0.3) is 0 Å². The van der Waals surface area contributed by atoms with Crippen LogP contribution >= 0.6 is 0 Å². The number of rotatable bonds is 1. The van der Waals surface area contributed by atoms with Crippen molar-refractivity contribution in [3.8, 4) is 0 Å². The Bertz CT molecular complexity index is 753. The van der Waals surface area contributed by atoms with Gasteiger partial charge in [-0.2, -0.15) is 11.6 Å². The third-order valence-corrected chi connectivity index (χ3v) is 7.11. The molecule has 2 heterocycles. The molecule has 0 aliphatic carbocycles. The van der Waals surface area contributed by atoms with E-state index in [1.807, 2.05) is 0 Å². The molecule has 0 saturated heterocycles. The first-order valence-electron chi connectivity index (χ1n) is 7.99. The summed E-state index contributed by atoms with van der Waals surface area (Å²) in [6, 6.07) is 15.9. The molecule has 0 aromatic heterocycles. The summed E-state index contributed by atoms with van der Waals surface area (Å²) < 4.78 is 0. The number of fused-ring (bicyclic) bond motifs is 5. The molecule has 4 heteroatoms. The van der Waals surface area contributed by atoms with E-state index >= 15 is 0 Å². The average molecular weight is 396 g/mol. The van der Waals surface area contributed by atoms with Crippen LogP contribution in [0.5, 0.6) is 0 Å². The standard InChI is InChI=1S/C19H23N2Si.Y/c1-13-15-12-14(22(3,4)5)10-11-16(15)21-18-9-7-6-8-17(18)20(2)19(13)21;/h6-12,19H,1-5H3;/q-1;. The molecule has 2 aliphatic rings. The topological polar surface area (TPSA) is 6.48 Å². The van der Waals surface area contributed by atoms with E-state index in [9.17, 15) is 0 Å². The number of para-hydroxylation sites is 2. The number of hydrogen-bond donors (Lipinski definition) is 0. The predicted molar refractivity (Wildman–Crippen MR) is 98.2 cm³/mol. The maximum Gasteiger partial charge on any atom is 0.0719 e. The van der Waals surface area contributed by atoms with Crippen molar-refractivity contribution in [3.05, 3.63) is 53.9 Å². The molecular weight excluding hydrogens is 373 g/mol. The summed E-state index contributed by atoms with van der Waals surface area (Å²) in [4.78, 5) is 4.90. The maximum atomic E-state index is 2.49. The van der Waals surface area contributed by atoms with Crippen LogP contribution in [0.2, 0.25) is 19.6 Å². The molecule has 0 saturated carbocycles. The first-order chi connectivity index (χ1) is 10.4.